The van der Waals surface area contributed by atoms with Crippen LogP contribution in [-0.2, 0) is 4.74 Å². The van der Waals surface area contributed by atoms with Crippen molar-refractivity contribution in [2.75, 3.05) is 20.2 Å². The Morgan fingerprint density at radius 2 is 1.94 bits per heavy atom. The predicted octanol–water partition coefficient (Wildman–Crippen LogP) is 3.41. The van der Waals surface area contributed by atoms with Gasteiger partial charge >= 0.3 is 0 Å². The van der Waals surface area contributed by atoms with Crippen molar-refractivity contribution in [2.45, 2.75) is 59.1 Å². The number of likely N-dealkylation sites (N-methyl/N-ethyl adjacent to an activating group) is 1. The fraction of sp³-hybridized carbons (Fsp3) is 1.00. The number of likely N-dealkylation sites (tertiary alicyclic amines) is 1. The summed E-state index contributed by atoms with van der Waals surface area (Å²) in [6.45, 7) is 11.6. The van der Waals surface area contributed by atoms with Crippen LogP contribution in [0.3, 0.4) is 0 Å². The van der Waals surface area contributed by atoms with Gasteiger partial charge in [0.2, 0.25) is 0 Å². The Kier molecular flexibility index (Phi) is 4.71. The molecular formula is C16H31NO. The Morgan fingerprint density at radius 1 is 1.22 bits per heavy atom. The largest absolute Gasteiger partial charge is 0.376 e. The monoisotopic (exact) mass is 253 g/mol. The van der Waals surface area contributed by atoms with Crippen LogP contribution in [0.15, 0.2) is 0 Å². The van der Waals surface area contributed by atoms with Gasteiger partial charge in [0, 0.05) is 19.2 Å². The molecule has 106 valence electrons. The fourth-order valence-corrected chi connectivity index (χ4v) is 4.25. The summed E-state index contributed by atoms with van der Waals surface area (Å²) in [6.07, 6.45) is 4.53. The van der Waals surface area contributed by atoms with Gasteiger partial charge < -0.3 is 9.64 Å². The second-order valence-electron chi connectivity index (χ2n) is 7.29. The molecule has 2 rings (SSSR count). The summed E-state index contributed by atoms with van der Waals surface area (Å²) in [5, 5.41) is 0. The molecule has 0 N–H and O–H groups in total. The molecule has 2 saturated heterocycles. The molecular weight excluding hydrogens is 222 g/mol. The molecule has 0 radical (unpaired) electrons. The Balaban J connectivity index is 2.02. The Hall–Kier alpha value is -0.0800. The van der Waals surface area contributed by atoms with Crippen molar-refractivity contribution in [1.82, 2.24) is 4.90 Å². The molecule has 0 aromatic rings. The lowest BCUT2D eigenvalue weighted by molar-refractivity contribution is 0.00616. The third-order valence-electron chi connectivity index (χ3n) is 4.79. The van der Waals surface area contributed by atoms with Crippen molar-refractivity contribution in [3.05, 3.63) is 0 Å². The van der Waals surface area contributed by atoms with E-state index in [2.05, 4.69) is 39.6 Å². The molecule has 18 heavy (non-hydrogen) atoms. The number of ether oxygens (including phenoxy) is 1. The topological polar surface area (TPSA) is 12.5 Å². The molecule has 2 heteroatoms. The van der Waals surface area contributed by atoms with Crippen molar-refractivity contribution in [1.29, 1.82) is 0 Å². The van der Waals surface area contributed by atoms with Crippen LogP contribution in [-0.4, -0.2) is 37.2 Å². The van der Waals surface area contributed by atoms with Crippen LogP contribution in [0.4, 0.5) is 0 Å². The highest BCUT2D eigenvalue weighted by molar-refractivity contribution is 4.96. The van der Waals surface area contributed by atoms with Gasteiger partial charge in [0.25, 0.3) is 0 Å². The molecule has 2 aliphatic heterocycles. The van der Waals surface area contributed by atoms with E-state index >= 15 is 0 Å². The first-order valence-corrected chi connectivity index (χ1v) is 7.80. The van der Waals surface area contributed by atoms with Crippen molar-refractivity contribution in [3.8, 4) is 0 Å². The molecule has 0 aromatic carbocycles. The average molecular weight is 253 g/mol. The highest BCUT2D eigenvalue weighted by Gasteiger charge is 2.43. The molecule has 2 fully saturated rings. The molecule has 2 nitrogen and oxygen atoms in total. The standard InChI is InChI=1S/C16H31NO/c1-11(2)8-13-6-7-18-16-14(9-13)10-17(5)15(16)12(3)4/h11-16H,6-10H2,1-5H3. The van der Waals surface area contributed by atoms with Gasteiger partial charge in [0.05, 0.1) is 6.10 Å². The number of nitrogens with zero attached hydrogens (tertiary/aromatic N) is 1. The maximum absolute atomic E-state index is 6.24. The van der Waals surface area contributed by atoms with Crippen LogP contribution in [0.1, 0.15) is 47.0 Å². The number of hydrogen-bond donors (Lipinski definition) is 0. The lowest BCUT2D eigenvalue weighted by atomic mass is 9.84. The molecule has 0 saturated carbocycles. The van der Waals surface area contributed by atoms with Crippen LogP contribution in [0.5, 0.6) is 0 Å². The smallest absolute Gasteiger partial charge is 0.0772 e. The summed E-state index contributed by atoms with van der Waals surface area (Å²) in [5.41, 5.74) is 0. The molecule has 0 aliphatic carbocycles. The second kappa shape index (κ2) is 5.92. The molecule has 4 unspecified atom stereocenters. The van der Waals surface area contributed by atoms with Crippen molar-refractivity contribution >= 4 is 0 Å². The first-order chi connectivity index (χ1) is 8.49. The summed E-state index contributed by atoms with van der Waals surface area (Å²) < 4.78 is 6.24. The van der Waals surface area contributed by atoms with E-state index in [9.17, 15) is 0 Å². The van der Waals surface area contributed by atoms with Crippen molar-refractivity contribution in [2.24, 2.45) is 23.7 Å². The zero-order valence-corrected chi connectivity index (χ0v) is 12.9. The first kappa shape index (κ1) is 14.3. The van der Waals surface area contributed by atoms with E-state index in [0.29, 0.717) is 18.1 Å². The van der Waals surface area contributed by atoms with E-state index in [1.54, 1.807) is 0 Å². The normalized spacial score (nSPS) is 38.2. The van der Waals surface area contributed by atoms with Crippen LogP contribution in [0.2, 0.25) is 0 Å². The minimum absolute atomic E-state index is 0.493. The second-order valence-corrected chi connectivity index (χ2v) is 7.29. The summed E-state index contributed by atoms with van der Waals surface area (Å²) in [7, 11) is 2.28. The zero-order valence-electron chi connectivity index (χ0n) is 12.9. The molecule has 4 atom stereocenters. The Labute approximate surface area is 113 Å². The van der Waals surface area contributed by atoms with Crippen LogP contribution < -0.4 is 0 Å². The maximum atomic E-state index is 6.24. The van der Waals surface area contributed by atoms with Crippen LogP contribution in [0.25, 0.3) is 0 Å². The number of rotatable bonds is 3. The molecule has 0 aromatic heterocycles. The molecule has 0 amide bonds. The van der Waals surface area contributed by atoms with E-state index in [4.69, 9.17) is 4.74 Å². The highest BCUT2D eigenvalue weighted by atomic mass is 16.5. The Morgan fingerprint density at radius 3 is 2.56 bits per heavy atom. The van der Waals surface area contributed by atoms with Gasteiger partial charge in [-0.25, -0.2) is 0 Å². The Bertz CT molecular complexity index is 264. The zero-order chi connectivity index (χ0) is 13.3. The van der Waals surface area contributed by atoms with E-state index < -0.39 is 0 Å². The summed E-state index contributed by atoms with van der Waals surface area (Å²) in [5.74, 6) is 3.19. The minimum atomic E-state index is 0.493. The SMILES string of the molecule is CC(C)CC1CCOC2C(C1)CN(C)C2C(C)C. The number of hydrogen-bond acceptors (Lipinski definition) is 2. The molecule has 0 bridgehead atoms. The van der Waals surface area contributed by atoms with Crippen molar-refractivity contribution in [3.63, 3.8) is 0 Å². The fourth-order valence-electron chi connectivity index (χ4n) is 4.25. The average Bonchev–Trinajstić information content (AvgIpc) is 2.41. The third kappa shape index (κ3) is 3.08. The van der Waals surface area contributed by atoms with Crippen LogP contribution >= 0.6 is 0 Å². The number of fused-ring (bicyclic) bond motifs is 1. The van der Waals surface area contributed by atoms with E-state index in [-0.39, 0.29) is 0 Å². The molecule has 0 spiro atoms. The van der Waals surface area contributed by atoms with E-state index in [0.717, 1.165) is 24.4 Å². The van der Waals surface area contributed by atoms with E-state index in [1.807, 2.05) is 0 Å². The molecule has 2 aliphatic rings. The minimum Gasteiger partial charge on any atom is -0.376 e. The summed E-state index contributed by atoms with van der Waals surface area (Å²) in [6, 6.07) is 0.632. The summed E-state index contributed by atoms with van der Waals surface area (Å²) in [4.78, 5) is 2.54. The van der Waals surface area contributed by atoms with Gasteiger partial charge in [-0.15, -0.1) is 0 Å². The molecule has 2 heterocycles. The van der Waals surface area contributed by atoms with Crippen molar-refractivity contribution < 1.29 is 4.74 Å². The predicted molar refractivity (Wildman–Crippen MR) is 76.7 cm³/mol. The quantitative estimate of drug-likeness (QED) is 0.764. The van der Waals surface area contributed by atoms with Crippen LogP contribution in [0, 0.1) is 23.7 Å². The third-order valence-corrected chi connectivity index (χ3v) is 4.79. The highest BCUT2D eigenvalue weighted by Crippen LogP contribution is 2.38. The van der Waals surface area contributed by atoms with Gasteiger partial charge in [-0.05, 0) is 50.0 Å². The lowest BCUT2D eigenvalue weighted by Crippen LogP contribution is -2.39. The maximum Gasteiger partial charge on any atom is 0.0772 e. The lowest BCUT2D eigenvalue weighted by Gasteiger charge is -2.28. The summed E-state index contributed by atoms with van der Waals surface area (Å²) >= 11 is 0. The van der Waals surface area contributed by atoms with Gasteiger partial charge in [-0.2, -0.15) is 0 Å². The van der Waals surface area contributed by atoms with Gasteiger partial charge in [-0.1, -0.05) is 27.7 Å². The van der Waals surface area contributed by atoms with E-state index in [1.165, 1.54) is 25.8 Å². The first-order valence-electron chi connectivity index (χ1n) is 7.80. The van der Waals surface area contributed by atoms with Gasteiger partial charge in [-0.3, -0.25) is 0 Å². The van der Waals surface area contributed by atoms with Gasteiger partial charge in [0.1, 0.15) is 0 Å². The van der Waals surface area contributed by atoms with Gasteiger partial charge in [0.15, 0.2) is 0 Å².